The van der Waals surface area contributed by atoms with Crippen LogP contribution in [0.4, 0.5) is 5.69 Å². The van der Waals surface area contributed by atoms with Crippen molar-refractivity contribution in [1.29, 1.82) is 0 Å². The molecule has 0 amide bonds. The summed E-state index contributed by atoms with van der Waals surface area (Å²) >= 11 is 5.71. The van der Waals surface area contributed by atoms with E-state index >= 15 is 0 Å². The second kappa shape index (κ2) is 5.27. The fourth-order valence-electron chi connectivity index (χ4n) is 1.26. The van der Waals surface area contributed by atoms with E-state index in [9.17, 15) is 10.2 Å². The van der Waals surface area contributed by atoms with Crippen molar-refractivity contribution < 1.29 is 10.2 Å². The Hall–Kier alpha value is -1.14. The molecule has 1 aromatic rings. The van der Waals surface area contributed by atoms with Crippen LogP contribution in [0.15, 0.2) is 17.1 Å². The molecule has 7 heteroatoms. The van der Waals surface area contributed by atoms with E-state index < -0.39 is 0 Å². The molecule has 5 nitrogen and oxygen atoms in total. The number of phenols is 2. The Morgan fingerprint density at radius 1 is 1.31 bits per heavy atom. The van der Waals surface area contributed by atoms with Crippen molar-refractivity contribution in [3.63, 3.8) is 0 Å². The predicted molar refractivity (Wildman–Crippen MR) is 69.0 cm³/mol. The summed E-state index contributed by atoms with van der Waals surface area (Å²) in [6, 6.07) is 2.62. The number of phenolic OH excluding ortho intramolecular Hbond substituents is 2. The monoisotopic (exact) mass is 307 g/mol. The summed E-state index contributed by atoms with van der Waals surface area (Å²) in [5.41, 5.74) is 0.408. The van der Waals surface area contributed by atoms with Crippen molar-refractivity contribution in [3.05, 3.63) is 17.2 Å². The van der Waals surface area contributed by atoms with Gasteiger partial charge in [0, 0.05) is 12.6 Å². The maximum Gasteiger partial charge on any atom is 0.196 e. The lowest BCUT2D eigenvalue weighted by Gasteiger charge is -2.09. The van der Waals surface area contributed by atoms with Gasteiger partial charge in [0.2, 0.25) is 0 Å². The predicted octanol–water partition coefficient (Wildman–Crippen LogP) is 1.70. The van der Waals surface area contributed by atoms with Crippen molar-refractivity contribution in [2.45, 2.75) is 0 Å². The number of nitrogens with one attached hydrogen (secondary N) is 2. The summed E-state index contributed by atoms with van der Waals surface area (Å²) in [5, 5.41) is 24.8. The first-order chi connectivity index (χ1) is 7.16. The molecule has 1 heterocycles. The molecule has 2 rings (SSSR count). The number of guanidine groups is 1. The zero-order valence-corrected chi connectivity index (χ0v) is 10.7. The number of rotatable bonds is 1. The van der Waals surface area contributed by atoms with E-state index in [-0.39, 0.29) is 33.5 Å². The van der Waals surface area contributed by atoms with E-state index in [1.54, 1.807) is 0 Å². The van der Waals surface area contributed by atoms with E-state index in [0.717, 1.165) is 6.54 Å². The Bertz CT molecular complexity index is 425. The molecule has 0 aliphatic carbocycles. The van der Waals surface area contributed by atoms with Crippen molar-refractivity contribution in [2.24, 2.45) is 4.99 Å². The van der Waals surface area contributed by atoms with Crippen molar-refractivity contribution in [2.75, 3.05) is 18.4 Å². The van der Waals surface area contributed by atoms with E-state index in [4.69, 9.17) is 11.6 Å². The van der Waals surface area contributed by atoms with Gasteiger partial charge in [0.1, 0.15) is 11.5 Å². The Morgan fingerprint density at radius 2 is 2.06 bits per heavy atom. The fraction of sp³-hybridized carbons (Fsp3) is 0.222. The summed E-state index contributed by atoms with van der Waals surface area (Å²) in [6.45, 7) is 1.48. The smallest absolute Gasteiger partial charge is 0.196 e. The van der Waals surface area contributed by atoms with E-state index in [1.165, 1.54) is 12.1 Å². The number of aliphatic imine (C=N–C) groups is 1. The van der Waals surface area contributed by atoms with Crippen LogP contribution in [0.3, 0.4) is 0 Å². The zero-order chi connectivity index (χ0) is 10.8. The number of aromatic hydroxyl groups is 2. The van der Waals surface area contributed by atoms with Gasteiger partial charge in [-0.15, -0.1) is 17.0 Å². The normalized spacial score (nSPS) is 13.7. The van der Waals surface area contributed by atoms with E-state index in [0.29, 0.717) is 18.2 Å². The highest BCUT2D eigenvalue weighted by molar-refractivity contribution is 8.93. The number of benzene rings is 1. The minimum Gasteiger partial charge on any atom is -0.506 e. The van der Waals surface area contributed by atoms with Gasteiger partial charge in [-0.25, -0.2) is 0 Å². The van der Waals surface area contributed by atoms with Gasteiger partial charge in [-0.05, 0) is 6.07 Å². The number of nitrogens with zero attached hydrogens (tertiary/aromatic N) is 1. The van der Waals surface area contributed by atoms with Gasteiger partial charge in [-0.2, -0.15) is 0 Å². The van der Waals surface area contributed by atoms with Crippen molar-refractivity contribution in [1.82, 2.24) is 5.32 Å². The number of hydrogen-bond donors (Lipinski definition) is 4. The third kappa shape index (κ3) is 2.70. The minimum atomic E-state index is -0.152. The molecule has 0 fully saturated rings. The lowest BCUT2D eigenvalue weighted by molar-refractivity contribution is 0.452. The largest absolute Gasteiger partial charge is 0.506 e. The summed E-state index contributed by atoms with van der Waals surface area (Å²) in [5.74, 6) is 0.362. The van der Waals surface area contributed by atoms with Crippen LogP contribution in [0.5, 0.6) is 11.5 Å². The second-order valence-electron chi connectivity index (χ2n) is 3.10. The highest BCUT2D eigenvalue weighted by Crippen LogP contribution is 2.34. The molecular weight excluding hydrogens is 297 g/mol. The minimum absolute atomic E-state index is 0. The summed E-state index contributed by atoms with van der Waals surface area (Å²) in [6.07, 6.45) is 0. The quantitative estimate of drug-likeness (QED) is 0.470. The molecule has 0 saturated carbocycles. The molecule has 0 aromatic heterocycles. The first-order valence-corrected chi connectivity index (χ1v) is 4.81. The Balaban J connectivity index is 0.00000128. The molecule has 0 saturated heterocycles. The van der Waals surface area contributed by atoms with Gasteiger partial charge < -0.3 is 20.8 Å². The van der Waals surface area contributed by atoms with E-state index in [2.05, 4.69) is 15.6 Å². The van der Waals surface area contributed by atoms with Crippen LogP contribution in [-0.2, 0) is 0 Å². The number of hydrogen-bond acceptors (Lipinski definition) is 5. The molecular formula is C9H11BrClN3O2. The third-order valence-electron chi connectivity index (χ3n) is 1.99. The molecule has 1 aliphatic heterocycles. The number of halogens is 2. The lowest BCUT2D eigenvalue weighted by atomic mass is 10.2. The highest BCUT2D eigenvalue weighted by Gasteiger charge is 2.10. The summed E-state index contributed by atoms with van der Waals surface area (Å²) < 4.78 is 0. The summed E-state index contributed by atoms with van der Waals surface area (Å²) in [7, 11) is 0. The molecule has 0 unspecified atom stereocenters. The maximum atomic E-state index is 9.51. The molecule has 1 aliphatic rings. The first kappa shape index (κ1) is 12.9. The van der Waals surface area contributed by atoms with Crippen LogP contribution in [0, 0.1) is 0 Å². The average Bonchev–Trinajstić information content (AvgIpc) is 2.67. The van der Waals surface area contributed by atoms with Crippen molar-refractivity contribution >= 4 is 40.2 Å². The van der Waals surface area contributed by atoms with E-state index in [1.807, 2.05) is 0 Å². The molecule has 88 valence electrons. The van der Waals surface area contributed by atoms with Gasteiger partial charge in [0.15, 0.2) is 5.96 Å². The molecule has 1 aromatic carbocycles. The van der Waals surface area contributed by atoms with Crippen LogP contribution in [0.2, 0.25) is 5.02 Å². The zero-order valence-electron chi connectivity index (χ0n) is 8.20. The molecule has 0 spiro atoms. The van der Waals surface area contributed by atoms with Gasteiger partial charge in [0.05, 0.1) is 17.3 Å². The standard InChI is InChI=1S/C9H10ClN3O2.BrH/c10-5-3-6(8(15)4-7(5)14)13-9-11-1-2-12-9;/h3-4,14-15H,1-2H2,(H2,11,12,13);1H. The molecule has 16 heavy (non-hydrogen) atoms. The van der Waals surface area contributed by atoms with Gasteiger partial charge in [0.25, 0.3) is 0 Å². The molecule has 0 atom stereocenters. The van der Waals surface area contributed by atoms with Gasteiger partial charge in [-0.1, -0.05) is 11.6 Å². The lowest BCUT2D eigenvalue weighted by Crippen LogP contribution is -2.26. The van der Waals surface area contributed by atoms with Crippen LogP contribution in [0.25, 0.3) is 0 Å². The Labute approximate surface area is 108 Å². The highest BCUT2D eigenvalue weighted by atomic mass is 79.9. The second-order valence-corrected chi connectivity index (χ2v) is 3.51. The van der Waals surface area contributed by atoms with Crippen LogP contribution in [-0.4, -0.2) is 29.3 Å². The maximum absolute atomic E-state index is 9.51. The van der Waals surface area contributed by atoms with Gasteiger partial charge in [-0.3, -0.25) is 4.99 Å². The van der Waals surface area contributed by atoms with Crippen LogP contribution < -0.4 is 10.6 Å². The Morgan fingerprint density at radius 3 is 2.69 bits per heavy atom. The SMILES string of the molecule is Br.Oc1cc(O)c(NC2=NCCN2)cc1Cl. The summed E-state index contributed by atoms with van der Waals surface area (Å²) in [4.78, 5) is 4.10. The van der Waals surface area contributed by atoms with Crippen molar-refractivity contribution in [3.8, 4) is 11.5 Å². The van der Waals surface area contributed by atoms with Crippen LogP contribution >= 0.6 is 28.6 Å². The molecule has 0 bridgehead atoms. The molecule has 4 N–H and O–H groups in total. The Kier molecular flexibility index (Phi) is 4.26. The molecule has 0 radical (unpaired) electrons. The average molecular weight is 309 g/mol. The number of anilines is 1. The van der Waals surface area contributed by atoms with Gasteiger partial charge >= 0.3 is 0 Å². The topological polar surface area (TPSA) is 76.9 Å². The fourth-order valence-corrected chi connectivity index (χ4v) is 1.42. The third-order valence-corrected chi connectivity index (χ3v) is 2.30. The van der Waals surface area contributed by atoms with Crippen LogP contribution in [0.1, 0.15) is 0 Å². The first-order valence-electron chi connectivity index (χ1n) is 4.43.